The van der Waals surface area contributed by atoms with E-state index in [9.17, 15) is 50.2 Å². The molecule has 0 spiro atoms. The van der Waals surface area contributed by atoms with Crippen LogP contribution in [0.1, 0.15) is 25.0 Å². The molecule has 2 rings (SSSR count). The number of nitrogens with one attached hydrogen (secondary N) is 2. The van der Waals surface area contributed by atoms with E-state index >= 15 is 0 Å². The molecule has 0 radical (unpaired) electrons. The molecule has 0 saturated carbocycles. The highest BCUT2D eigenvalue weighted by atomic mass is 19.4. The van der Waals surface area contributed by atoms with Crippen LogP contribution < -0.4 is 15.4 Å². The van der Waals surface area contributed by atoms with Gasteiger partial charge in [-0.3, -0.25) is 0 Å². The Labute approximate surface area is 222 Å². The van der Waals surface area contributed by atoms with Crippen molar-refractivity contribution in [3.63, 3.8) is 0 Å². The lowest BCUT2D eigenvalue weighted by atomic mass is 9.89. The quantitative estimate of drug-likeness (QED) is 0.297. The predicted molar refractivity (Wildman–Crippen MR) is 122 cm³/mol. The summed E-state index contributed by atoms with van der Waals surface area (Å²) < 4.78 is 111. The third-order valence-corrected chi connectivity index (χ3v) is 5.43. The molecule has 2 unspecified atom stereocenters. The van der Waals surface area contributed by atoms with Gasteiger partial charge in [0.25, 0.3) is 11.1 Å². The van der Waals surface area contributed by atoms with Crippen molar-refractivity contribution in [1.82, 2.24) is 5.32 Å². The molecule has 9 nitrogen and oxygen atoms in total. The average Bonchev–Trinajstić information content (AvgIpc) is 2.86. The first-order valence-corrected chi connectivity index (χ1v) is 11.2. The smallest absolute Gasteiger partial charge is 0.432 e. The van der Waals surface area contributed by atoms with Crippen LogP contribution in [-0.2, 0) is 30.2 Å². The van der Waals surface area contributed by atoms with Crippen molar-refractivity contribution in [2.24, 2.45) is 0 Å². The summed E-state index contributed by atoms with van der Waals surface area (Å²) in [5, 5.41) is 13.6. The number of esters is 2. The van der Waals surface area contributed by atoms with Gasteiger partial charge in [0.05, 0.1) is 26.0 Å². The van der Waals surface area contributed by atoms with Crippen molar-refractivity contribution >= 4 is 23.7 Å². The lowest BCUT2D eigenvalue weighted by Gasteiger charge is -2.34. The Morgan fingerprint density at radius 1 is 0.825 bits per heavy atom. The van der Waals surface area contributed by atoms with E-state index in [0.29, 0.717) is 42.5 Å². The van der Waals surface area contributed by atoms with Crippen LogP contribution in [-0.4, -0.2) is 55.8 Å². The number of carbonyl (C=O) groups excluding carboxylic acids is 3. The zero-order valence-electron chi connectivity index (χ0n) is 21.0. The number of methoxy groups -OCH3 is 1. The van der Waals surface area contributed by atoms with Gasteiger partial charge in [-0.25, -0.2) is 18.8 Å². The molecule has 3 N–H and O–H groups in total. The van der Waals surface area contributed by atoms with E-state index in [2.05, 4.69) is 9.47 Å². The van der Waals surface area contributed by atoms with Gasteiger partial charge in [-0.15, -0.1) is 0 Å². The molecule has 16 heteroatoms. The molecular formula is C24H23F7N2O7. The Bertz CT molecular complexity index is 1240. The van der Waals surface area contributed by atoms with Crippen LogP contribution in [0, 0.1) is 5.82 Å². The predicted octanol–water partition coefficient (Wildman–Crippen LogP) is 4.29. The molecular weight excluding hydrogens is 561 g/mol. The number of benzene rings is 2. The molecule has 0 fully saturated rings. The van der Waals surface area contributed by atoms with Crippen molar-refractivity contribution in [3.8, 4) is 5.75 Å². The van der Waals surface area contributed by atoms with Gasteiger partial charge in [0.2, 0.25) is 0 Å². The highest BCUT2D eigenvalue weighted by Crippen LogP contribution is 2.43. The zero-order chi connectivity index (χ0) is 30.5. The van der Waals surface area contributed by atoms with Crippen molar-refractivity contribution in [1.29, 1.82) is 0 Å². The molecule has 2 aromatic carbocycles. The van der Waals surface area contributed by atoms with Gasteiger partial charge in [0.1, 0.15) is 11.6 Å². The van der Waals surface area contributed by atoms with Crippen LogP contribution in [0.5, 0.6) is 5.75 Å². The second kappa shape index (κ2) is 12.0. The number of hydrogen-bond acceptors (Lipinski definition) is 7. The second-order valence-electron chi connectivity index (χ2n) is 7.90. The van der Waals surface area contributed by atoms with Gasteiger partial charge in [0, 0.05) is 5.56 Å². The summed E-state index contributed by atoms with van der Waals surface area (Å²) in [6.07, 6.45) is -11.1. The highest BCUT2D eigenvalue weighted by molar-refractivity contribution is 5.96. The van der Waals surface area contributed by atoms with Gasteiger partial charge in [-0.2, -0.15) is 26.3 Å². The van der Waals surface area contributed by atoms with E-state index in [1.54, 1.807) is 0 Å². The highest BCUT2D eigenvalue weighted by Gasteiger charge is 2.64. The van der Waals surface area contributed by atoms with Crippen molar-refractivity contribution in [3.05, 3.63) is 59.4 Å². The standard InChI is InChI=1S/C24H23F7N2O7/c1-4-39-18(34)21(23(26,27)28,13-6-9-15(25)10-7-13)33-20(36)32-16-11-8-14(12-17(16)38-3)22(37,24(29,30)31)19(35)40-5-2/h6-12,37H,4-5H2,1-3H3,(H2,32,33,36). The van der Waals surface area contributed by atoms with Crippen LogP contribution in [0.4, 0.5) is 41.2 Å². The first kappa shape index (κ1) is 32.1. The Balaban J connectivity index is 2.55. The fourth-order valence-corrected chi connectivity index (χ4v) is 3.51. The van der Waals surface area contributed by atoms with E-state index in [4.69, 9.17) is 4.74 Å². The number of anilines is 1. The Morgan fingerprint density at radius 2 is 1.35 bits per heavy atom. The maximum Gasteiger partial charge on any atom is 0.432 e. The summed E-state index contributed by atoms with van der Waals surface area (Å²) in [4.78, 5) is 37.4. The zero-order valence-corrected chi connectivity index (χ0v) is 21.0. The minimum absolute atomic E-state index is 0.502. The normalized spacial score (nSPS) is 14.8. The van der Waals surface area contributed by atoms with Gasteiger partial charge >= 0.3 is 30.3 Å². The number of halogens is 7. The number of hydrogen-bond donors (Lipinski definition) is 3. The Kier molecular flexibility index (Phi) is 9.62. The van der Waals surface area contributed by atoms with Crippen molar-refractivity contribution in [2.45, 2.75) is 37.3 Å². The SMILES string of the molecule is CCOC(=O)C(O)(c1ccc(NC(=O)NC(C(=O)OCC)(c2ccc(F)cc2)C(F)(F)F)c(OC)c1)C(F)(F)F. The Morgan fingerprint density at radius 3 is 1.82 bits per heavy atom. The van der Waals surface area contributed by atoms with E-state index in [1.807, 2.05) is 5.32 Å². The second-order valence-corrected chi connectivity index (χ2v) is 7.90. The molecule has 2 amide bonds. The maximum atomic E-state index is 14.4. The van der Waals surface area contributed by atoms with Gasteiger partial charge < -0.3 is 30.0 Å². The lowest BCUT2D eigenvalue weighted by molar-refractivity contribution is -0.267. The maximum absolute atomic E-state index is 14.4. The molecule has 0 bridgehead atoms. The summed E-state index contributed by atoms with van der Waals surface area (Å²) in [7, 11) is 0.913. The summed E-state index contributed by atoms with van der Waals surface area (Å²) in [6, 6.07) is 2.46. The van der Waals surface area contributed by atoms with Crippen LogP contribution in [0.15, 0.2) is 42.5 Å². The minimum atomic E-state index is -5.57. The molecule has 0 saturated heterocycles. The van der Waals surface area contributed by atoms with Crippen LogP contribution >= 0.6 is 0 Å². The third kappa shape index (κ3) is 6.05. The first-order valence-electron chi connectivity index (χ1n) is 11.2. The van der Waals surface area contributed by atoms with Crippen LogP contribution in [0.2, 0.25) is 0 Å². The van der Waals surface area contributed by atoms with Crippen LogP contribution in [0.3, 0.4) is 0 Å². The monoisotopic (exact) mass is 584 g/mol. The average molecular weight is 584 g/mol. The molecule has 0 aromatic heterocycles. The molecule has 40 heavy (non-hydrogen) atoms. The van der Waals surface area contributed by atoms with Crippen molar-refractivity contribution in [2.75, 3.05) is 25.6 Å². The number of urea groups is 1. The third-order valence-electron chi connectivity index (χ3n) is 5.43. The molecule has 0 aliphatic rings. The molecule has 220 valence electrons. The largest absolute Gasteiger partial charge is 0.495 e. The number of aliphatic hydroxyl groups is 1. The topological polar surface area (TPSA) is 123 Å². The molecule has 0 aliphatic carbocycles. The molecule has 0 heterocycles. The number of rotatable bonds is 9. The number of alkyl halides is 6. The van der Waals surface area contributed by atoms with E-state index in [0.717, 1.165) is 7.11 Å². The summed E-state index contributed by atoms with van der Waals surface area (Å²) in [6.45, 7) is 1.36. The summed E-state index contributed by atoms with van der Waals surface area (Å²) in [5.41, 5.74) is -10.5. The number of amides is 2. The van der Waals surface area contributed by atoms with Gasteiger partial charge in [-0.1, -0.05) is 18.2 Å². The summed E-state index contributed by atoms with van der Waals surface area (Å²) in [5.74, 6) is -5.60. The molecule has 2 atom stereocenters. The number of carbonyl (C=O) groups is 3. The number of ether oxygens (including phenoxy) is 3. The van der Waals surface area contributed by atoms with E-state index < -0.39 is 83.1 Å². The first-order chi connectivity index (χ1) is 18.5. The van der Waals surface area contributed by atoms with E-state index in [1.165, 1.54) is 19.2 Å². The summed E-state index contributed by atoms with van der Waals surface area (Å²) >= 11 is 0. The molecule has 0 aliphatic heterocycles. The van der Waals surface area contributed by atoms with Gasteiger partial charge in [0.15, 0.2) is 0 Å². The lowest BCUT2D eigenvalue weighted by Crippen LogP contribution is -2.62. The van der Waals surface area contributed by atoms with E-state index in [-0.39, 0.29) is 0 Å². The van der Waals surface area contributed by atoms with Crippen molar-refractivity contribution < 1.29 is 64.4 Å². The van der Waals surface area contributed by atoms with Crippen LogP contribution in [0.25, 0.3) is 0 Å². The minimum Gasteiger partial charge on any atom is -0.495 e. The van der Waals surface area contributed by atoms with Gasteiger partial charge in [-0.05, 0) is 43.7 Å². The fourth-order valence-electron chi connectivity index (χ4n) is 3.51. The Hall–Kier alpha value is -4.08. The fraction of sp³-hybridized carbons (Fsp3) is 0.375. The molecule has 2 aromatic rings.